The summed E-state index contributed by atoms with van der Waals surface area (Å²) in [6, 6.07) is 10.1. The Morgan fingerprint density at radius 3 is 2.70 bits per heavy atom. The SMILES string of the molecule is CC(=NNC(=O)c1ccc(Cl)cc1Cl)c1ccccn1. The number of hydrogen-bond acceptors (Lipinski definition) is 3. The number of carbonyl (C=O) groups is 1. The van der Waals surface area contributed by atoms with E-state index in [0.29, 0.717) is 22.0 Å². The third kappa shape index (κ3) is 3.56. The Morgan fingerprint density at radius 2 is 2.05 bits per heavy atom. The number of carbonyl (C=O) groups excluding carboxylic acids is 1. The van der Waals surface area contributed by atoms with Gasteiger partial charge >= 0.3 is 0 Å². The van der Waals surface area contributed by atoms with E-state index in [1.807, 2.05) is 12.1 Å². The maximum Gasteiger partial charge on any atom is 0.272 e. The zero-order chi connectivity index (χ0) is 14.5. The van der Waals surface area contributed by atoms with Crippen molar-refractivity contribution in [3.63, 3.8) is 0 Å². The van der Waals surface area contributed by atoms with Gasteiger partial charge in [0.1, 0.15) is 0 Å². The predicted molar refractivity (Wildman–Crippen MR) is 80.4 cm³/mol. The summed E-state index contributed by atoms with van der Waals surface area (Å²) >= 11 is 11.7. The molecule has 0 aliphatic rings. The van der Waals surface area contributed by atoms with Crippen molar-refractivity contribution >= 4 is 34.8 Å². The van der Waals surface area contributed by atoms with Gasteiger partial charge in [0.05, 0.1) is 22.0 Å². The minimum atomic E-state index is -0.401. The highest BCUT2D eigenvalue weighted by atomic mass is 35.5. The molecule has 1 aromatic heterocycles. The van der Waals surface area contributed by atoms with Crippen LogP contribution in [0.15, 0.2) is 47.7 Å². The van der Waals surface area contributed by atoms with Crippen molar-refractivity contribution in [1.29, 1.82) is 0 Å². The highest BCUT2D eigenvalue weighted by Crippen LogP contribution is 2.20. The number of benzene rings is 1. The molecule has 102 valence electrons. The summed E-state index contributed by atoms with van der Waals surface area (Å²) in [5.74, 6) is -0.401. The van der Waals surface area contributed by atoms with Gasteiger partial charge in [0.2, 0.25) is 0 Å². The third-order valence-electron chi connectivity index (χ3n) is 2.54. The van der Waals surface area contributed by atoms with E-state index >= 15 is 0 Å². The Bertz CT molecular complexity index is 657. The zero-order valence-corrected chi connectivity index (χ0v) is 12.1. The molecule has 0 radical (unpaired) electrons. The Labute approximate surface area is 126 Å². The van der Waals surface area contributed by atoms with E-state index in [0.717, 1.165) is 0 Å². The fraction of sp³-hybridized carbons (Fsp3) is 0.0714. The van der Waals surface area contributed by atoms with Gasteiger partial charge in [-0.15, -0.1) is 0 Å². The number of hydrogen-bond donors (Lipinski definition) is 1. The summed E-state index contributed by atoms with van der Waals surface area (Å²) in [7, 11) is 0. The van der Waals surface area contributed by atoms with Crippen LogP contribution in [0, 0.1) is 0 Å². The van der Waals surface area contributed by atoms with Crippen LogP contribution in [0.2, 0.25) is 10.0 Å². The quantitative estimate of drug-likeness (QED) is 0.696. The van der Waals surface area contributed by atoms with E-state index in [4.69, 9.17) is 23.2 Å². The highest BCUT2D eigenvalue weighted by molar-refractivity contribution is 6.36. The van der Waals surface area contributed by atoms with Gasteiger partial charge in [-0.05, 0) is 37.3 Å². The molecular weight excluding hydrogens is 297 g/mol. The van der Waals surface area contributed by atoms with Crippen molar-refractivity contribution in [3.05, 3.63) is 63.9 Å². The van der Waals surface area contributed by atoms with Crippen molar-refractivity contribution in [2.75, 3.05) is 0 Å². The first-order valence-electron chi connectivity index (χ1n) is 5.79. The van der Waals surface area contributed by atoms with Crippen molar-refractivity contribution in [3.8, 4) is 0 Å². The predicted octanol–water partition coefficient (Wildman–Crippen LogP) is 3.54. The van der Waals surface area contributed by atoms with E-state index in [2.05, 4.69) is 15.5 Å². The normalized spacial score (nSPS) is 11.2. The van der Waals surface area contributed by atoms with Crippen molar-refractivity contribution in [1.82, 2.24) is 10.4 Å². The first kappa shape index (κ1) is 14.5. The van der Waals surface area contributed by atoms with E-state index in [1.54, 1.807) is 31.3 Å². The molecule has 1 N–H and O–H groups in total. The lowest BCUT2D eigenvalue weighted by molar-refractivity contribution is 0.0955. The van der Waals surface area contributed by atoms with Crippen LogP contribution in [-0.4, -0.2) is 16.6 Å². The fourth-order valence-corrected chi connectivity index (χ4v) is 2.00. The maximum absolute atomic E-state index is 11.9. The topological polar surface area (TPSA) is 54.4 Å². The van der Waals surface area contributed by atoms with Crippen LogP contribution in [0.4, 0.5) is 0 Å². The van der Waals surface area contributed by atoms with Gasteiger partial charge in [-0.25, -0.2) is 5.43 Å². The molecule has 20 heavy (non-hydrogen) atoms. The summed E-state index contributed by atoms with van der Waals surface area (Å²) in [5.41, 5.74) is 4.04. The molecule has 4 nitrogen and oxygen atoms in total. The second-order valence-corrected chi connectivity index (χ2v) is 4.82. The average Bonchev–Trinajstić information content (AvgIpc) is 2.45. The molecule has 0 aliphatic heterocycles. The van der Waals surface area contributed by atoms with Crippen LogP contribution < -0.4 is 5.43 Å². The minimum absolute atomic E-state index is 0.278. The molecule has 0 fully saturated rings. The Morgan fingerprint density at radius 1 is 1.25 bits per heavy atom. The number of nitrogens with one attached hydrogen (secondary N) is 1. The summed E-state index contributed by atoms with van der Waals surface area (Å²) < 4.78 is 0. The molecule has 1 heterocycles. The van der Waals surface area contributed by atoms with E-state index < -0.39 is 5.91 Å². The summed E-state index contributed by atoms with van der Waals surface area (Å²) in [5, 5.41) is 4.75. The molecule has 0 saturated carbocycles. The van der Waals surface area contributed by atoms with Crippen molar-refractivity contribution < 1.29 is 4.79 Å². The molecular formula is C14H11Cl2N3O. The Hall–Kier alpha value is -1.91. The fourth-order valence-electron chi connectivity index (χ4n) is 1.50. The van der Waals surface area contributed by atoms with Crippen LogP contribution >= 0.6 is 23.2 Å². The van der Waals surface area contributed by atoms with Gasteiger partial charge in [-0.3, -0.25) is 9.78 Å². The Balaban J connectivity index is 2.12. The molecule has 0 atom stereocenters. The number of halogens is 2. The van der Waals surface area contributed by atoms with Gasteiger partial charge < -0.3 is 0 Å². The zero-order valence-electron chi connectivity index (χ0n) is 10.6. The summed E-state index contributed by atoms with van der Waals surface area (Å²) in [4.78, 5) is 16.1. The van der Waals surface area contributed by atoms with Crippen LogP contribution in [0.5, 0.6) is 0 Å². The second-order valence-electron chi connectivity index (χ2n) is 3.98. The minimum Gasteiger partial charge on any atom is -0.267 e. The molecule has 0 spiro atoms. The van der Waals surface area contributed by atoms with Crippen molar-refractivity contribution in [2.24, 2.45) is 5.10 Å². The third-order valence-corrected chi connectivity index (χ3v) is 3.08. The largest absolute Gasteiger partial charge is 0.272 e. The lowest BCUT2D eigenvalue weighted by Gasteiger charge is -2.04. The average molecular weight is 308 g/mol. The number of pyridine rings is 1. The lowest BCUT2D eigenvalue weighted by Crippen LogP contribution is -2.20. The molecule has 1 aromatic carbocycles. The molecule has 0 saturated heterocycles. The van der Waals surface area contributed by atoms with Crippen LogP contribution in [-0.2, 0) is 0 Å². The standard InChI is InChI=1S/C14H11Cl2N3O/c1-9(13-4-2-3-7-17-13)18-19-14(20)11-6-5-10(15)8-12(11)16/h2-8H,1H3,(H,19,20). The van der Waals surface area contributed by atoms with Crippen molar-refractivity contribution in [2.45, 2.75) is 6.92 Å². The smallest absolute Gasteiger partial charge is 0.267 e. The monoisotopic (exact) mass is 307 g/mol. The maximum atomic E-state index is 11.9. The molecule has 0 aliphatic carbocycles. The van der Waals surface area contributed by atoms with Crippen LogP contribution in [0.1, 0.15) is 23.0 Å². The first-order valence-corrected chi connectivity index (χ1v) is 6.54. The number of rotatable bonds is 3. The summed E-state index contributed by atoms with van der Waals surface area (Å²) in [6.07, 6.45) is 1.66. The molecule has 6 heteroatoms. The molecule has 0 bridgehead atoms. The molecule has 0 unspecified atom stereocenters. The van der Waals surface area contributed by atoms with Gasteiger partial charge in [0.15, 0.2) is 0 Å². The summed E-state index contributed by atoms with van der Waals surface area (Å²) in [6.45, 7) is 1.76. The first-order chi connectivity index (χ1) is 9.58. The number of nitrogens with zero attached hydrogens (tertiary/aromatic N) is 2. The number of hydrazone groups is 1. The second kappa shape index (κ2) is 6.50. The molecule has 1 amide bonds. The Kier molecular flexibility index (Phi) is 4.71. The highest BCUT2D eigenvalue weighted by Gasteiger charge is 2.10. The van der Waals surface area contributed by atoms with E-state index in [1.165, 1.54) is 6.07 Å². The molecule has 2 rings (SSSR count). The van der Waals surface area contributed by atoms with Gasteiger partial charge in [-0.2, -0.15) is 5.10 Å². The van der Waals surface area contributed by atoms with Crippen LogP contribution in [0.3, 0.4) is 0 Å². The lowest BCUT2D eigenvalue weighted by atomic mass is 10.2. The molecule has 2 aromatic rings. The number of aromatic nitrogens is 1. The number of amides is 1. The van der Waals surface area contributed by atoms with Gasteiger partial charge in [0, 0.05) is 11.2 Å². The van der Waals surface area contributed by atoms with Gasteiger partial charge in [-0.1, -0.05) is 29.3 Å². The van der Waals surface area contributed by atoms with E-state index in [-0.39, 0.29) is 5.02 Å². The van der Waals surface area contributed by atoms with E-state index in [9.17, 15) is 4.79 Å². The van der Waals surface area contributed by atoms with Crippen LogP contribution in [0.25, 0.3) is 0 Å². The van der Waals surface area contributed by atoms with Gasteiger partial charge in [0.25, 0.3) is 5.91 Å².